The van der Waals surface area contributed by atoms with Crippen molar-refractivity contribution in [1.82, 2.24) is 0 Å². The smallest absolute Gasteiger partial charge is 0.205 e. The minimum absolute atomic E-state index is 0.0674. The van der Waals surface area contributed by atoms with E-state index in [1.165, 1.54) is 16.7 Å². The zero-order valence-electron chi connectivity index (χ0n) is 13.6. The van der Waals surface area contributed by atoms with Crippen LogP contribution in [-0.4, -0.2) is 18.9 Å². The molecule has 0 bridgehead atoms. The molecule has 116 valence electrons. The van der Waals surface area contributed by atoms with Crippen molar-refractivity contribution in [3.8, 4) is 6.19 Å². The fourth-order valence-electron chi connectivity index (χ4n) is 4.20. The first-order valence-corrected chi connectivity index (χ1v) is 8.34. The third kappa shape index (κ3) is 2.57. The highest BCUT2D eigenvalue weighted by molar-refractivity contribution is 6.09. The van der Waals surface area contributed by atoms with Crippen molar-refractivity contribution < 1.29 is 4.74 Å². The van der Waals surface area contributed by atoms with Crippen molar-refractivity contribution in [3.63, 3.8) is 0 Å². The van der Waals surface area contributed by atoms with Crippen LogP contribution >= 0.6 is 0 Å². The van der Waals surface area contributed by atoms with Crippen molar-refractivity contribution in [3.05, 3.63) is 34.9 Å². The van der Waals surface area contributed by atoms with E-state index in [1.807, 2.05) is 0 Å². The topological polar surface area (TPSA) is 45.4 Å². The Hall–Kier alpha value is -1.66. The van der Waals surface area contributed by atoms with Gasteiger partial charge in [0.15, 0.2) is 0 Å². The summed E-state index contributed by atoms with van der Waals surface area (Å²) in [7, 11) is 1.80. The molecule has 0 atom stereocenters. The van der Waals surface area contributed by atoms with Crippen molar-refractivity contribution in [2.45, 2.75) is 58.0 Å². The minimum atomic E-state index is 0.0674. The molecule has 22 heavy (non-hydrogen) atoms. The molecule has 3 nitrogen and oxygen atoms in total. The van der Waals surface area contributed by atoms with Gasteiger partial charge in [0.2, 0.25) is 6.19 Å². The van der Waals surface area contributed by atoms with Gasteiger partial charge in [-0.25, -0.2) is 0 Å². The highest BCUT2D eigenvalue weighted by Gasteiger charge is 2.45. The Bertz CT molecular complexity index is 619. The first-order chi connectivity index (χ1) is 10.7. The normalized spacial score (nSPS) is 28.8. The van der Waals surface area contributed by atoms with E-state index < -0.39 is 0 Å². The minimum Gasteiger partial charge on any atom is -0.381 e. The Kier molecular flexibility index (Phi) is 4.31. The monoisotopic (exact) mass is 296 g/mol. The molecule has 3 heteroatoms. The molecule has 0 unspecified atom stereocenters. The van der Waals surface area contributed by atoms with Crippen LogP contribution in [0.1, 0.15) is 55.7 Å². The number of methoxy groups -OCH3 is 1. The number of hydrogen-bond donors (Lipinski definition) is 0. The van der Waals surface area contributed by atoms with Crippen LogP contribution in [0.15, 0.2) is 23.2 Å². The number of ether oxygens (including phenoxy) is 1. The second kappa shape index (κ2) is 6.22. The SMILES string of the molecule is CCCc1ccc2c(c1)C(=NC#N)C1(CCC(OC)CC1)C2. The molecule has 2 aliphatic rings. The summed E-state index contributed by atoms with van der Waals surface area (Å²) in [4.78, 5) is 4.28. The molecule has 0 aliphatic heterocycles. The second-order valence-corrected chi connectivity index (χ2v) is 6.69. The number of aliphatic imine (C=N–C) groups is 1. The van der Waals surface area contributed by atoms with E-state index in [0.717, 1.165) is 50.7 Å². The maximum absolute atomic E-state index is 9.17. The maximum Gasteiger partial charge on any atom is 0.205 e. The summed E-state index contributed by atoms with van der Waals surface area (Å²) in [6, 6.07) is 6.77. The van der Waals surface area contributed by atoms with Crippen LogP contribution < -0.4 is 0 Å². The predicted octanol–water partition coefficient (Wildman–Crippen LogP) is 4.04. The number of nitriles is 1. The van der Waals surface area contributed by atoms with Crippen LogP contribution in [0.25, 0.3) is 0 Å². The Morgan fingerprint density at radius 2 is 2.14 bits per heavy atom. The Morgan fingerprint density at radius 3 is 2.77 bits per heavy atom. The lowest BCUT2D eigenvalue weighted by Gasteiger charge is -2.36. The summed E-state index contributed by atoms with van der Waals surface area (Å²) >= 11 is 0. The summed E-state index contributed by atoms with van der Waals surface area (Å²) < 4.78 is 5.51. The molecule has 1 aromatic rings. The summed E-state index contributed by atoms with van der Waals surface area (Å²) in [5.41, 5.74) is 5.05. The fourth-order valence-corrected chi connectivity index (χ4v) is 4.20. The molecule has 3 rings (SSSR count). The van der Waals surface area contributed by atoms with Gasteiger partial charge in [-0.05, 0) is 55.7 Å². The lowest BCUT2D eigenvalue weighted by Crippen LogP contribution is -2.35. The third-order valence-electron chi connectivity index (χ3n) is 5.38. The van der Waals surface area contributed by atoms with Crippen LogP contribution in [0.4, 0.5) is 0 Å². The highest BCUT2D eigenvalue weighted by Crippen LogP contribution is 2.48. The van der Waals surface area contributed by atoms with Gasteiger partial charge in [0.05, 0.1) is 11.8 Å². The fraction of sp³-hybridized carbons (Fsp3) is 0.579. The van der Waals surface area contributed by atoms with E-state index in [9.17, 15) is 5.26 Å². The Morgan fingerprint density at radius 1 is 1.36 bits per heavy atom. The summed E-state index contributed by atoms with van der Waals surface area (Å²) in [6.45, 7) is 2.20. The van der Waals surface area contributed by atoms with E-state index in [4.69, 9.17) is 4.74 Å². The van der Waals surface area contributed by atoms with Crippen LogP contribution in [0.3, 0.4) is 0 Å². The highest BCUT2D eigenvalue weighted by atomic mass is 16.5. The molecule has 0 radical (unpaired) electrons. The molecule has 2 aliphatic carbocycles. The molecular weight excluding hydrogens is 272 g/mol. The van der Waals surface area contributed by atoms with Gasteiger partial charge in [-0.3, -0.25) is 0 Å². The van der Waals surface area contributed by atoms with Crippen LogP contribution in [0.5, 0.6) is 0 Å². The van der Waals surface area contributed by atoms with Crippen LogP contribution in [0.2, 0.25) is 0 Å². The molecule has 0 saturated heterocycles. The average molecular weight is 296 g/mol. The standard InChI is InChI=1S/C19H24N2O/c1-3-4-14-5-6-15-12-19(9-7-16(22-2)8-10-19)18(21-13-20)17(15)11-14/h5-6,11,16H,3-4,7-10,12H2,1-2H3. The van der Waals surface area contributed by atoms with Crippen molar-refractivity contribution in [2.75, 3.05) is 7.11 Å². The molecule has 0 aromatic heterocycles. The van der Waals surface area contributed by atoms with Gasteiger partial charge in [-0.1, -0.05) is 25.5 Å². The first-order valence-electron chi connectivity index (χ1n) is 8.34. The van der Waals surface area contributed by atoms with Crippen LogP contribution in [-0.2, 0) is 17.6 Å². The number of hydrogen-bond acceptors (Lipinski definition) is 3. The number of rotatable bonds is 3. The van der Waals surface area contributed by atoms with Crippen molar-refractivity contribution >= 4 is 5.71 Å². The van der Waals surface area contributed by atoms with Crippen molar-refractivity contribution in [1.29, 1.82) is 5.26 Å². The summed E-state index contributed by atoms with van der Waals surface area (Å²) in [5.74, 6) is 0. The molecule has 1 aromatic carbocycles. The van der Waals surface area contributed by atoms with E-state index in [0.29, 0.717) is 6.10 Å². The molecule has 0 N–H and O–H groups in total. The van der Waals surface area contributed by atoms with Gasteiger partial charge < -0.3 is 4.74 Å². The Balaban J connectivity index is 1.95. The zero-order valence-corrected chi connectivity index (χ0v) is 13.6. The van der Waals surface area contributed by atoms with Gasteiger partial charge >= 0.3 is 0 Å². The average Bonchev–Trinajstić information content (AvgIpc) is 2.82. The predicted molar refractivity (Wildman–Crippen MR) is 88.0 cm³/mol. The molecule has 0 amide bonds. The third-order valence-corrected chi connectivity index (χ3v) is 5.38. The molecule has 1 saturated carbocycles. The second-order valence-electron chi connectivity index (χ2n) is 6.69. The number of nitrogens with zero attached hydrogens (tertiary/aromatic N) is 2. The van der Waals surface area contributed by atoms with Gasteiger partial charge in [0.1, 0.15) is 0 Å². The number of benzene rings is 1. The lowest BCUT2D eigenvalue weighted by molar-refractivity contribution is 0.0468. The molecular formula is C19H24N2O. The quantitative estimate of drug-likeness (QED) is 0.790. The van der Waals surface area contributed by atoms with Gasteiger partial charge in [-0.15, -0.1) is 0 Å². The summed E-state index contributed by atoms with van der Waals surface area (Å²) in [5, 5.41) is 9.17. The summed E-state index contributed by atoms with van der Waals surface area (Å²) in [6.07, 6.45) is 9.97. The molecule has 1 spiro atoms. The lowest BCUT2D eigenvalue weighted by atomic mass is 9.70. The van der Waals surface area contributed by atoms with E-state index in [-0.39, 0.29) is 5.41 Å². The van der Waals surface area contributed by atoms with E-state index in [2.05, 4.69) is 36.3 Å². The van der Waals surface area contributed by atoms with Gasteiger partial charge in [-0.2, -0.15) is 10.3 Å². The zero-order chi connectivity index (χ0) is 15.6. The maximum atomic E-state index is 9.17. The number of fused-ring (bicyclic) bond motifs is 1. The Labute approximate surface area is 133 Å². The van der Waals surface area contributed by atoms with Crippen LogP contribution in [0, 0.1) is 16.9 Å². The molecule has 0 heterocycles. The number of aryl methyl sites for hydroxylation is 1. The first kappa shape index (κ1) is 15.2. The molecule has 1 fully saturated rings. The van der Waals surface area contributed by atoms with E-state index >= 15 is 0 Å². The van der Waals surface area contributed by atoms with E-state index in [1.54, 1.807) is 7.11 Å². The largest absolute Gasteiger partial charge is 0.381 e. The van der Waals surface area contributed by atoms with Gasteiger partial charge in [0.25, 0.3) is 0 Å². The van der Waals surface area contributed by atoms with Crippen molar-refractivity contribution in [2.24, 2.45) is 10.4 Å². The van der Waals surface area contributed by atoms with Gasteiger partial charge in [0, 0.05) is 18.1 Å².